The summed E-state index contributed by atoms with van der Waals surface area (Å²) in [5.74, 6) is -0.134. The fourth-order valence-corrected chi connectivity index (χ4v) is 1.98. The Bertz CT molecular complexity index is 645. The number of nitrogens with zero attached hydrogens (tertiary/aromatic N) is 1. The topological polar surface area (TPSA) is 30.0 Å². The van der Waals surface area contributed by atoms with Crippen LogP contribution < -0.4 is 0 Å². The zero-order chi connectivity index (χ0) is 14.9. The molecular weight excluding hydrogens is 267 g/mol. The minimum absolute atomic E-state index is 0.128. The second-order valence-corrected chi connectivity index (χ2v) is 4.46. The van der Waals surface area contributed by atoms with Crippen molar-refractivity contribution in [3.05, 3.63) is 53.2 Å². The number of hydrogen-bond acceptors (Lipinski definition) is 2. The molecule has 0 N–H and O–H groups in total. The molecule has 0 fully saturated rings. The Morgan fingerprint density at radius 2 is 1.85 bits per heavy atom. The molecule has 0 saturated heterocycles. The first-order valence-corrected chi connectivity index (χ1v) is 5.95. The van der Waals surface area contributed by atoms with Crippen molar-refractivity contribution < 1.29 is 18.0 Å². The fourth-order valence-electron chi connectivity index (χ4n) is 1.98. The highest BCUT2D eigenvalue weighted by atomic mass is 19.4. The number of pyridine rings is 1. The maximum Gasteiger partial charge on any atom is 0.416 e. The highest BCUT2D eigenvalue weighted by Crippen LogP contribution is 2.35. The lowest BCUT2D eigenvalue weighted by Gasteiger charge is -2.13. The molecule has 0 aliphatic rings. The Balaban J connectivity index is 2.51. The monoisotopic (exact) mass is 279 g/mol. The van der Waals surface area contributed by atoms with Crippen molar-refractivity contribution >= 4 is 5.78 Å². The molecule has 0 atom stereocenters. The van der Waals surface area contributed by atoms with Crippen molar-refractivity contribution in [1.29, 1.82) is 0 Å². The van der Waals surface area contributed by atoms with Crippen LogP contribution in [0.15, 0.2) is 36.5 Å². The van der Waals surface area contributed by atoms with Crippen LogP contribution in [-0.2, 0) is 6.18 Å². The Hall–Kier alpha value is -2.17. The Kier molecular flexibility index (Phi) is 3.61. The maximum atomic E-state index is 12.8. The summed E-state index contributed by atoms with van der Waals surface area (Å²) < 4.78 is 38.5. The molecule has 2 rings (SSSR count). The number of alkyl halides is 3. The number of rotatable bonds is 2. The summed E-state index contributed by atoms with van der Waals surface area (Å²) >= 11 is 0. The lowest BCUT2D eigenvalue weighted by Crippen LogP contribution is -2.08. The van der Waals surface area contributed by atoms with Gasteiger partial charge in [-0.3, -0.25) is 9.78 Å². The lowest BCUT2D eigenvalue weighted by molar-refractivity contribution is -0.138. The third kappa shape index (κ3) is 2.71. The molecule has 5 heteroatoms. The van der Waals surface area contributed by atoms with Gasteiger partial charge >= 0.3 is 6.18 Å². The summed E-state index contributed by atoms with van der Waals surface area (Å²) in [7, 11) is 0. The number of benzene rings is 1. The van der Waals surface area contributed by atoms with Gasteiger partial charge in [0.05, 0.1) is 11.3 Å². The molecule has 1 aromatic heterocycles. The van der Waals surface area contributed by atoms with E-state index in [1.807, 2.05) is 0 Å². The predicted octanol–water partition coefficient (Wildman–Crippen LogP) is 4.28. The number of carbonyl (C=O) groups excluding carboxylic acids is 1. The molecule has 0 radical (unpaired) electrons. The van der Waals surface area contributed by atoms with Crippen molar-refractivity contribution in [1.82, 2.24) is 4.98 Å². The summed E-state index contributed by atoms with van der Waals surface area (Å²) in [5.41, 5.74) is 0.711. The van der Waals surface area contributed by atoms with E-state index in [-0.39, 0.29) is 11.3 Å². The highest BCUT2D eigenvalue weighted by molar-refractivity contribution is 5.94. The zero-order valence-electron chi connectivity index (χ0n) is 11.0. The second kappa shape index (κ2) is 5.07. The van der Waals surface area contributed by atoms with Gasteiger partial charge in [-0.05, 0) is 37.6 Å². The largest absolute Gasteiger partial charge is 0.416 e. The molecule has 0 unspecified atom stereocenters. The minimum atomic E-state index is -4.39. The van der Waals surface area contributed by atoms with Crippen LogP contribution in [0.3, 0.4) is 0 Å². The van der Waals surface area contributed by atoms with Gasteiger partial charge in [-0.15, -0.1) is 0 Å². The van der Waals surface area contributed by atoms with Gasteiger partial charge in [0.25, 0.3) is 0 Å². The van der Waals surface area contributed by atoms with Crippen LogP contribution in [0.2, 0.25) is 0 Å². The van der Waals surface area contributed by atoms with E-state index in [4.69, 9.17) is 0 Å². The molecule has 104 valence electrons. The smallest absolute Gasteiger partial charge is 0.294 e. The Morgan fingerprint density at radius 3 is 2.35 bits per heavy atom. The van der Waals surface area contributed by atoms with E-state index in [1.165, 1.54) is 26.1 Å². The summed E-state index contributed by atoms with van der Waals surface area (Å²) in [4.78, 5) is 15.2. The van der Waals surface area contributed by atoms with Gasteiger partial charge in [-0.25, -0.2) is 0 Å². The van der Waals surface area contributed by atoms with E-state index in [0.29, 0.717) is 16.8 Å². The number of halogens is 3. The van der Waals surface area contributed by atoms with Crippen LogP contribution >= 0.6 is 0 Å². The van der Waals surface area contributed by atoms with Crippen LogP contribution in [-0.4, -0.2) is 10.8 Å². The molecular formula is C15H12F3NO. The maximum absolute atomic E-state index is 12.8. The second-order valence-electron chi connectivity index (χ2n) is 4.46. The fraction of sp³-hybridized carbons (Fsp3) is 0.200. The lowest BCUT2D eigenvalue weighted by atomic mass is 9.99. The van der Waals surface area contributed by atoms with E-state index in [0.717, 1.165) is 6.07 Å². The molecule has 0 amide bonds. The van der Waals surface area contributed by atoms with Crippen LogP contribution in [0.4, 0.5) is 13.2 Å². The molecule has 0 saturated carbocycles. The predicted molar refractivity (Wildman–Crippen MR) is 69.4 cm³/mol. The molecule has 0 bridgehead atoms. The van der Waals surface area contributed by atoms with Gasteiger partial charge in [-0.2, -0.15) is 13.2 Å². The molecule has 0 spiro atoms. The summed E-state index contributed by atoms with van der Waals surface area (Å²) in [6, 6.07) is 7.10. The molecule has 1 aromatic carbocycles. The quantitative estimate of drug-likeness (QED) is 0.768. The molecule has 0 aliphatic heterocycles. The molecule has 1 heterocycles. The number of aromatic nitrogens is 1. The van der Waals surface area contributed by atoms with Crippen LogP contribution in [0, 0.1) is 6.92 Å². The van der Waals surface area contributed by atoms with E-state index in [2.05, 4.69) is 4.98 Å². The van der Waals surface area contributed by atoms with Gasteiger partial charge in [0.15, 0.2) is 5.78 Å². The average molecular weight is 279 g/mol. The van der Waals surface area contributed by atoms with Crippen molar-refractivity contribution in [3.8, 4) is 11.3 Å². The normalized spacial score (nSPS) is 11.4. The third-order valence-electron chi connectivity index (χ3n) is 3.09. The van der Waals surface area contributed by atoms with Crippen LogP contribution in [0.5, 0.6) is 0 Å². The average Bonchev–Trinajstić information content (AvgIpc) is 2.37. The molecule has 2 aromatic rings. The first-order valence-electron chi connectivity index (χ1n) is 5.95. The third-order valence-corrected chi connectivity index (χ3v) is 3.09. The number of carbonyl (C=O) groups is 1. The van der Waals surface area contributed by atoms with Gasteiger partial charge in [0.2, 0.25) is 0 Å². The van der Waals surface area contributed by atoms with Crippen molar-refractivity contribution in [2.75, 3.05) is 0 Å². The van der Waals surface area contributed by atoms with Crippen molar-refractivity contribution in [3.63, 3.8) is 0 Å². The van der Waals surface area contributed by atoms with Crippen LogP contribution in [0.1, 0.15) is 28.4 Å². The number of Topliss-reactive ketones (excluding diaryl/α,β-unsaturated/α-hetero) is 1. The van der Waals surface area contributed by atoms with E-state index in [9.17, 15) is 18.0 Å². The zero-order valence-corrected chi connectivity index (χ0v) is 11.0. The van der Waals surface area contributed by atoms with Crippen molar-refractivity contribution in [2.45, 2.75) is 20.0 Å². The molecule has 2 nitrogen and oxygen atoms in total. The van der Waals surface area contributed by atoms with Gasteiger partial charge in [-0.1, -0.05) is 12.1 Å². The summed E-state index contributed by atoms with van der Waals surface area (Å²) in [5, 5.41) is 0. The Labute approximate surface area is 114 Å². The first-order chi connectivity index (χ1) is 9.30. The van der Waals surface area contributed by atoms with Gasteiger partial charge in [0, 0.05) is 17.3 Å². The van der Waals surface area contributed by atoms with E-state index < -0.39 is 11.7 Å². The Morgan fingerprint density at radius 1 is 1.15 bits per heavy atom. The highest BCUT2D eigenvalue weighted by Gasteiger charge is 2.33. The van der Waals surface area contributed by atoms with Gasteiger partial charge in [0.1, 0.15) is 0 Å². The SMILES string of the molecule is CC(=O)c1ccc(-c2cccc(C(F)(F)F)c2C)nc1. The van der Waals surface area contributed by atoms with Crippen molar-refractivity contribution in [2.24, 2.45) is 0 Å². The van der Waals surface area contributed by atoms with E-state index in [1.54, 1.807) is 18.2 Å². The number of ketones is 1. The summed E-state index contributed by atoms with van der Waals surface area (Å²) in [6.07, 6.45) is -3.02. The molecule has 20 heavy (non-hydrogen) atoms. The standard InChI is InChI=1S/C15H12F3NO/c1-9-12(4-3-5-13(9)15(16,17)18)14-7-6-11(8-19-14)10(2)20/h3-8H,1-2H3. The van der Waals surface area contributed by atoms with Crippen LogP contribution in [0.25, 0.3) is 11.3 Å². The first kappa shape index (κ1) is 14.2. The van der Waals surface area contributed by atoms with E-state index >= 15 is 0 Å². The summed E-state index contributed by atoms with van der Waals surface area (Å²) in [6.45, 7) is 2.82. The minimum Gasteiger partial charge on any atom is -0.294 e. The number of hydrogen-bond donors (Lipinski definition) is 0. The van der Waals surface area contributed by atoms with Gasteiger partial charge < -0.3 is 0 Å². The molecule has 0 aliphatic carbocycles.